The summed E-state index contributed by atoms with van der Waals surface area (Å²) in [6, 6.07) is 4.43. The molecule has 168 valence electrons. The number of anilines is 1. The van der Waals surface area contributed by atoms with Crippen molar-refractivity contribution in [1.29, 1.82) is 5.26 Å². The van der Waals surface area contributed by atoms with Crippen molar-refractivity contribution in [3.05, 3.63) is 44.8 Å². The summed E-state index contributed by atoms with van der Waals surface area (Å²) in [5, 5.41) is 14.0. The van der Waals surface area contributed by atoms with E-state index in [-0.39, 0.29) is 11.9 Å². The van der Waals surface area contributed by atoms with Gasteiger partial charge in [-0.1, -0.05) is 19.3 Å². The minimum absolute atomic E-state index is 0.0574. The van der Waals surface area contributed by atoms with Crippen molar-refractivity contribution in [3.63, 3.8) is 0 Å². The summed E-state index contributed by atoms with van der Waals surface area (Å²) >= 11 is 1.55. The van der Waals surface area contributed by atoms with Gasteiger partial charge in [0.1, 0.15) is 11.9 Å². The highest BCUT2D eigenvalue weighted by molar-refractivity contribution is 7.08. The normalized spacial score (nSPS) is 21.8. The number of rotatable bonds is 3. The number of thiophene rings is 1. The number of carbonyl (C=O) groups is 1. The molecule has 1 atom stereocenters. The summed E-state index contributed by atoms with van der Waals surface area (Å²) in [6.07, 6.45) is 6.92. The molecule has 2 aliphatic heterocycles. The van der Waals surface area contributed by atoms with Crippen LogP contribution in [-0.2, 0) is 17.8 Å². The second-order valence-electron chi connectivity index (χ2n) is 9.21. The molecule has 0 radical (unpaired) electrons. The fraction of sp³-hybridized carbons (Fsp3) is 0.560. The van der Waals surface area contributed by atoms with E-state index in [4.69, 9.17) is 9.72 Å². The SMILES string of the molecule is C[C@@H]1CN(c2nc(C3CCCCC3)c3c(c2C#N)CCOC3)CCN1C(=O)c1ccsc1. The Hall–Kier alpha value is -2.43. The molecule has 0 aromatic carbocycles. The Balaban J connectivity index is 1.46. The highest BCUT2D eigenvalue weighted by Crippen LogP contribution is 2.39. The van der Waals surface area contributed by atoms with Crippen LogP contribution in [0.15, 0.2) is 16.8 Å². The number of carbonyl (C=O) groups excluding carboxylic acids is 1. The van der Waals surface area contributed by atoms with E-state index >= 15 is 0 Å². The van der Waals surface area contributed by atoms with Gasteiger partial charge in [-0.05, 0) is 43.2 Å². The maximum atomic E-state index is 12.9. The molecule has 7 heteroatoms. The molecule has 1 saturated heterocycles. The highest BCUT2D eigenvalue weighted by atomic mass is 32.1. The summed E-state index contributed by atoms with van der Waals surface area (Å²) in [5.41, 5.74) is 4.96. The molecule has 6 nitrogen and oxygen atoms in total. The van der Waals surface area contributed by atoms with Crippen LogP contribution in [0, 0.1) is 11.3 Å². The van der Waals surface area contributed by atoms with Crippen molar-refractivity contribution in [2.45, 2.75) is 64.0 Å². The molecule has 5 rings (SSSR count). The lowest BCUT2D eigenvalue weighted by Crippen LogP contribution is -2.54. The van der Waals surface area contributed by atoms with Gasteiger partial charge in [0, 0.05) is 42.5 Å². The minimum atomic E-state index is 0.0574. The largest absolute Gasteiger partial charge is 0.376 e. The van der Waals surface area contributed by atoms with Crippen molar-refractivity contribution in [1.82, 2.24) is 9.88 Å². The number of pyridine rings is 1. The Bertz CT molecular complexity index is 1020. The van der Waals surface area contributed by atoms with Crippen molar-refractivity contribution in [2.75, 3.05) is 31.1 Å². The van der Waals surface area contributed by atoms with Crippen LogP contribution in [0.4, 0.5) is 5.82 Å². The second kappa shape index (κ2) is 9.21. The molecule has 32 heavy (non-hydrogen) atoms. The lowest BCUT2D eigenvalue weighted by atomic mass is 9.82. The average Bonchev–Trinajstić information content (AvgIpc) is 3.38. The first-order valence-corrected chi connectivity index (χ1v) is 12.7. The number of nitriles is 1. The molecule has 2 fully saturated rings. The van der Waals surface area contributed by atoms with Gasteiger partial charge in [-0.2, -0.15) is 16.6 Å². The summed E-state index contributed by atoms with van der Waals surface area (Å²) in [5.74, 6) is 1.38. The van der Waals surface area contributed by atoms with Crippen LogP contribution in [0.1, 0.15) is 77.7 Å². The molecule has 1 saturated carbocycles. The van der Waals surface area contributed by atoms with E-state index in [1.807, 2.05) is 21.7 Å². The fourth-order valence-electron chi connectivity index (χ4n) is 5.53. The molecule has 1 amide bonds. The molecular weight excluding hydrogens is 420 g/mol. The second-order valence-corrected chi connectivity index (χ2v) is 9.99. The molecule has 0 bridgehead atoms. The number of ether oxygens (including phenoxy) is 1. The van der Waals surface area contributed by atoms with Crippen LogP contribution in [0.3, 0.4) is 0 Å². The van der Waals surface area contributed by atoms with Crippen LogP contribution >= 0.6 is 11.3 Å². The predicted molar refractivity (Wildman–Crippen MR) is 125 cm³/mol. The lowest BCUT2D eigenvalue weighted by molar-refractivity contribution is 0.0674. The lowest BCUT2D eigenvalue weighted by Gasteiger charge is -2.41. The maximum absolute atomic E-state index is 12.9. The van der Waals surface area contributed by atoms with Crippen LogP contribution in [0.5, 0.6) is 0 Å². The summed E-state index contributed by atoms with van der Waals surface area (Å²) in [4.78, 5) is 22.3. The zero-order valence-electron chi connectivity index (χ0n) is 18.7. The number of hydrogen-bond donors (Lipinski definition) is 0. The van der Waals surface area contributed by atoms with Crippen LogP contribution in [0.2, 0.25) is 0 Å². The average molecular weight is 451 g/mol. The van der Waals surface area contributed by atoms with Crippen LogP contribution in [0.25, 0.3) is 0 Å². The topological polar surface area (TPSA) is 69.5 Å². The van der Waals surface area contributed by atoms with E-state index in [0.717, 1.165) is 29.1 Å². The van der Waals surface area contributed by atoms with E-state index in [0.29, 0.717) is 44.3 Å². The van der Waals surface area contributed by atoms with Gasteiger partial charge in [0.05, 0.1) is 30.0 Å². The zero-order valence-corrected chi connectivity index (χ0v) is 19.5. The molecule has 3 aliphatic rings. The number of fused-ring (bicyclic) bond motifs is 1. The summed E-state index contributed by atoms with van der Waals surface area (Å²) in [6.45, 7) is 5.35. The first-order valence-electron chi connectivity index (χ1n) is 11.8. The van der Waals surface area contributed by atoms with Gasteiger partial charge >= 0.3 is 0 Å². The molecule has 4 heterocycles. The predicted octanol–water partition coefficient (Wildman–Crippen LogP) is 4.49. The number of nitrogens with zero attached hydrogens (tertiary/aromatic N) is 4. The molecule has 2 aromatic rings. The molecular formula is C25H30N4O2S. The van der Waals surface area contributed by atoms with Crippen LogP contribution < -0.4 is 4.90 Å². The number of amides is 1. The van der Waals surface area contributed by atoms with Gasteiger partial charge in [-0.3, -0.25) is 4.79 Å². The van der Waals surface area contributed by atoms with E-state index in [1.165, 1.54) is 37.7 Å². The Morgan fingerprint density at radius 1 is 1.25 bits per heavy atom. The quantitative estimate of drug-likeness (QED) is 0.689. The first-order chi connectivity index (χ1) is 15.7. The monoisotopic (exact) mass is 450 g/mol. The van der Waals surface area contributed by atoms with Crippen molar-refractivity contribution < 1.29 is 9.53 Å². The van der Waals surface area contributed by atoms with E-state index in [2.05, 4.69) is 17.9 Å². The van der Waals surface area contributed by atoms with Crippen molar-refractivity contribution >= 4 is 23.1 Å². The standard InChI is InChI=1S/C25H30N4O2S/c1-17-14-28(9-10-29(17)25(30)19-8-12-32-16-19)24-21(13-26)20-7-11-31-15-22(20)23(27-24)18-5-3-2-4-6-18/h8,12,16-18H,2-7,9-11,14-15H2,1H3/t17-/m1/s1. The van der Waals surface area contributed by atoms with Gasteiger partial charge in [0.25, 0.3) is 5.91 Å². The fourth-order valence-corrected chi connectivity index (χ4v) is 6.16. The third-order valence-electron chi connectivity index (χ3n) is 7.23. The van der Waals surface area contributed by atoms with Gasteiger partial charge in [-0.15, -0.1) is 0 Å². The maximum Gasteiger partial charge on any atom is 0.255 e. The van der Waals surface area contributed by atoms with Gasteiger partial charge in [0.2, 0.25) is 0 Å². The Morgan fingerprint density at radius 2 is 2.09 bits per heavy atom. The summed E-state index contributed by atoms with van der Waals surface area (Å²) < 4.78 is 5.80. The van der Waals surface area contributed by atoms with E-state index in [1.54, 1.807) is 11.3 Å². The van der Waals surface area contributed by atoms with Gasteiger partial charge in [0.15, 0.2) is 0 Å². The van der Waals surface area contributed by atoms with Gasteiger partial charge in [-0.25, -0.2) is 4.98 Å². The Kier molecular flexibility index (Phi) is 6.16. The number of piperazine rings is 1. The van der Waals surface area contributed by atoms with Crippen LogP contribution in [-0.4, -0.2) is 48.1 Å². The Labute approximate surface area is 193 Å². The molecule has 0 unspecified atom stereocenters. The highest BCUT2D eigenvalue weighted by Gasteiger charge is 2.33. The Morgan fingerprint density at radius 3 is 2.81 bits per heavy atom. The number of aromatic nitrogens is 1. The smallest absolute Gasteiger partial charge is 0.255 e. The minimum Gasteiger partial charge on any atom is -0.376 e. The van der Waals surface area contributed by atoms with Crippen molar-refractivity contribution in [2.24, 2.45) is 0 Å². The third-order valence-corrected chi connectivity index (χ3v) is 7.91. The number of hydrogen-bond acceptors (Lipinski definition) is 6. The molecule has 0 spiro atoms. The van der Waals surface area contributed by atoms with Gasteiger partial charge < -0.3 is 14.5 Å². The van der Waals surface area contributed by atoms with E-state index in [9.17, 15) is 10.1 Å². The van der Waals surface area contributed by atoms with Crippen molar-refractivity contribution in [3.8, 4) is 6.07 Å². The van der Waals surface area contributed by atoms with E-state index < -0.39 is 0 Å². The molecule has 1 aliphatic carbocycles. The molecule has 0 N–H and O–H groups in total. The summed E-state index contributed by atoms with van der Waals surface area (Å²) in [7, 11) is 0. The first kappa shape index (κ1) is 21.4. The molecule has 2 aromatic heterocycles. The third kappa shape index (κ3) is 3.91. The zero-order chi connectivity index (χ0) is 22.1.